The van der Waals surface area contributed by atoms with Crippen molar-refractivity contribution in [2.45, 2.75) is 31.5 Å². The molecule has 1 fully saturated rings. The summed E-state index contributed by atoms with van der Waals surface area (Å²) in [5.74, 6) is -0.393. The van der Waals surface area contributed by atoms with Crippen molar-refractivity contribution in [2.75, 3.05) is 12.8 Å². The van der Waals surface area contributed by atoms with E-state index in [1.165, 1.54) is 11.0 Å². The van der Waals surface area contributed by atoms with E-state index in [1.54, 1.807) is 7.05 Å². The molecule has 1 amide bonds. The van der Waals surface area contributed by atoms with Crippen molar-refractivity contribution in [3.8, 4) is 0 Å². The van der Waals surface area contributed by atoms with Gasteiger partial charge in [0.1, 0.15) is 0 Å². The van der Waals surface area contributed by atoms with Crippen LogP contribution >= 0.6 is 0 Å². The normalized spacial score (nSPS) is 16.0. The molecule has 0 unspecified atom stereocenters. The average molecular weight is 272 g/mol. The van der Waals surface area contributed by atoms with Gasteiger partial charge < -0.3 is 10.6 Å². The molecule has 0 saturated heterocycles. The molecule has 0 aromatic heterocycles. The molecular formula is C13H15F3N2O. The molecule has 0 aliphatic heterocycles. The highest BCUT2D eigenvalue weighted by Gasteiger charge is 2.34. The molecule has 1 aliphatic rings. The molecule has 0 atom stereocenters. The maximum atomic E-state index is 12.7. The van der Waals surface area contributed by atoms with Gasteiger partial charge in [0.25, 0.3) is 5.91 Å². The van der Waals surface area contributed by atoms with Crippen LogP contribution in [0.2, 0.25) is 0 Å². The zero-order chi connectivity index (χ0) is 14.2. The van der Waals surface area contributed by atoms with E-state index in [9.17, 15) is 18.0 Å². The smallest absolute Gasteiger partial charge is 0.398 e. The first-order chi connectivity index (χ1) is 8.80. The van der Waals surface area contributed by atoms with Crippen LogP contribution in [0.15, 0.2) is 18.2 Å². The molecule has 19 heavy (non-hydrogen) atoms. The van der Waals surface area contributed by atoms with Crippen LogP contribution in [0.1, 0.15) is 35.2 Å². The number of carbonyl (C=O) groups is 1. The van der Waals surface area contributed by atoms with E-state index >= 15 is 0 Å². The maximum absolute atomic E-state index is 12.7. The fourth-order valence-electron chi connectivity index (χ4n) is 2.08. The van der Waals surface area contributed by atoms with E-state index in [-0.39, 0.29) is 17.3 Å². The largest absolute Gasteiger partial charge is 0.418 e. The molecule has 1 aliphatic carbocycles. The van der Waals surface area contributed by atoms with Gasteiger partial charge in [-0.05, 0) is 37.5 Å². The topological polar surface area (TPSA) is 46.3 Å². The first-order valence-electron chi connectivity index (χ1n) is 6.04. The standard InChI is InChI=1S/C13H15F3N2O/c1-18(9-3-2-4-9)12(19)8-5-6-11(17)10(7-8)13(14,15)16/h5-7,9H,2-4,17H2,1H3. The van der Waals surface area contributed by atoms with Crippen molar-refractivity contribution in [1.82, 2.24) is 4.90 Å². The zero-order valence-corrected chi connectivity index (χ0v) is 10.5. The van der Waals surface area contributed by atoms with Crippen molar-refractivity contribution in [1.29, 1.82) is 0 Å². The van der Waals surface area contributed by atoms with Gasteiger partial charge in [-0.1, -0.05) is 0 Å². The molecule has 3 nitrogen and oxygen atoms in total. The summed E-state index contributed by atoms with van der Waals surface area (Å²) in [6.07, 6.45) is -1.68. The molecule has 2 rings (SSSR count). The van der Waals surface area contributed by atoms with Crippen LogP contribution in [-0.2, 0) is 6.18 Å². The van der Waals surface area contributed by atoms with Crippen molar-refractivity contribution in [3.05, 3.63) is 29.3 Å². The number of anilines is 1. The first kappa shape index (κ1) is 13.7. The SMILES string of the molecule is CN(C(=O)c1ccc(N)c(C(F)(F)F)c1)C1CCC1. The zero-order valence-electron chi connectivity index (χ0n) is 10.5. The van der Waals surface area contributed by atoms with Crippen molar-refractivity contribution in [2.24, 2.45) is 0 Å². The third-order valence-electron chi connectivity index (χ3n) is 3.55. The van der Waals surface area contributed by atoms with Crippen molar-refractivity contribution < 1.29 is 18.0 Å². The molecule has 1 aromatic rings. The van der Waals surface area contributed by atoms with Crippen LogP contribution in [0.25, 0.3) is 0 Å². The van der Waals surface area contributed by atoms with Crippen LogP contribution in [0.4, 0.5) is 18.9 Å². The van der Waals surface area contributed by atoms with Crippen LogP contribution < -0.4 is 5.73 Å². The number of amides is 1. The number of rotatable bonds is 2. The Bertz CT molecular complexity index is 495. The van der Waals surface area contributed by atoms with E-state index in [1.807, 2.05) is 0 Å². The van der Waals surface area contributed by atoms with E-state index < -0.39 is 17.6 Å². The van der Waals surface area contributed by atoms with Crippen molar-refractivity contribution in [3.63, 3.8) is 0 Å². The van der Waals surface area contributed by atoms with Gasteiger partial charge in [-0.15, -0.1) is 0 Å². The first-order valence-corrected chi connectivity index (χ1v) is 6.04. The molecule has 0 radical (unpaired) electrons. The van der Waals surface area contributed by atoms with Gasteiger partial charge in [0.05, 0.1) is 5.56 Å². The Morgan fingerprint density at radius 3 is 2.47 bits per heavy atom. The Balaban J connectivity index is 2.27. The molecule has 0 bridgehead atoms. The number of nitrogen functional groups attached to an aromatic ring is 1. The number of nitrogens with zero attached hydrogens (tertiary/aromatic N) is 1. The minimum Gasteiger partial charge on any atom is -0.398 e. The Morgan fingerprint density at radius 1 is 1.37 bits per heavy atom. The summed E-state index contributed by atoms with van der Waals surface area (Å²) >= 11 is 0. The fraction of sp³-hybridized carbons (Fsp3) is 0.462. The lowest BCUT2D eigenvalue weighted by molar-refractivity contribution is -0.136. The number of benzene rings is 1. The quantitative estimate of drug-likeness (QED) is 0.841. The second kappa shape index (κ2) is 4.75. The lowest BCUT2D eigenvalue weighted by Gasteiger charge is -2.34. The highest BCUT2D eigenvalue weighted by Crippen LogP contribution is 2.34. The number of nitrogens with two attached hydrogens (primary N) is 1. The predicted molar refractivity (Wildman–Crippen MR) is 65.6 cm³/mol. The maximum Gasteiger partial charge on any atom is 0.418 e. The Kier molecular flexibility index (Phi) is 3.43. The Hall–Kier alpha value is -1.72. The third-order valence-corrected chi connectivity index (χ3v) is 3.55. The van der Waals surface area contributed by atoms with E-state index in [0.717, 1.165) is 31.4 Å². The van der Waals surface area contributed by atoms with Gasteiger partial charge >= 0.3 is 6.18 Å². The van der Waals surface area contributed by atoms with Gasteiger partial charge in [-0.2, -0.15) is 13.2 Å². The number of hydrogen-bond acceptors (Lipinski definition) is 2. The molecule has 0 heterocycles. The Labute approximate surface area is 109 Å². The number of alkyl halides is 3. The second-order valence-corrected chi connectivity index (χ2v) is 4.80. The van der Waals surface area contributed by atoms with E-state index in [4.69, 9.17) is 5.73 Å². The van der Waals surface area contributed by atoms with Gasteiger partial charge in [0.15, 0.2) is 0 Å². The van der Waals surface area contributed by atoms with E-state index in [2.05, 4.69) is 0 Å². The van der Waals surface area contributed by atoms with Gasteiger partial charge in [0.2, 0.25) is 0 Å². The van der Waals surface area contributed by atoms with Gasteiger partial charge in [-0.3, -0.25) is 4.79 Å². The highest BCUT2D eigenvalue weighted by atomic mass is 19.4. The van der Waals surface area contributed by atoms with Crippen LogP contribution in [0.5, 0.6) is 0 Å². The third kappa shape index (κ3) is 2.67. The van der Waals surface area contributed by atoms with E-state index in [0.29, 0.717) is 0 Å². The fourth-order valence-corrected chi connectivity index (χ4v) is 2.08. The summed E-state index contributed by atoms with van der Waals surface area (Å²) in [6, 6.07) is 3.43. The minimum atomic E-state index is -4.55. The molecule has 2 N–H and O–H groups in total. The number of hydrogen-bond donors (Lipinski definition) is 1. The number of halogens is 3. The summed E-state index contributed by atoms with van der Waals surface area (Å²) in [4.78, 5) is 13.6. The monoisotopic (exact) mass is 272 g/mol. The lowest BCUT2D eigenvalue weighted by atomic mass is 9.91. The molecular weight excluding hydrogens is 257 g/mol. The predicted octanol–water partition coefficient (Wildman–Crippen LogP) is 2.91. The lowest BCUT2D eigenvalue weighted by Crippen LogP contribution is -2.41. The Morgan fingerprint density at radius 2 is 2.00 bits per heavy atom. The molecule has 0 spiro atoms. The summed E-state index contributed by atoms with van der Waals surface area (Å²) in [7, 11) is 1.62. The summed E-state index contributed by atoms with van der Waals surface area (Å²) in [5, 5.41) is 0. The van der Waals surface area contributed by atoms with Crippen molar-refractivity contribution >= 4 is 11.6 Å². The van der Waals surface area contributed by atoms with Crippen LogP contribution in [0.3, 0.4) is 0 Å². The van der Waals surface area contributed by atoms with Gasteiger partial charge in [-0.25, -0.2) is 0 Å². The molecule has 6 heteroatoms. The summed E-state index contributed by atoms with van der Waals surface area (Å²) in [5.41, 5.74) is 4.00. The van der Waals surface area contributed by atoms with Gasteiger partial charge in [0, 0.05) is 24.3 Å². The molecule has 104 valence electrons. The highest BCUT2D eigenvalue weighted by molar-refractivity contribution is 5.95. The summed E-state index contributed by atoms with van der Waals surface area (Å²) < 4.78 is 38.2. The average Bonchev–Trinajstić information content (AvgIpc) is 2.24. The number of carbonyl (C=O) groups excluding carboxylic acids is 1. The van der Waals surface area contributed by atoms with Crippen LogP contribution in [-0.4, -0.2) is 23.9 Å². The van der Waals surface area contributed by atoms with Crippen LogP contribution in [0, 0.1) is 0 Å². The second-order valence-electron chi connectivity index (χ2n) is 4.80. The summed E-state index contributed by atoms with van der Waals surface area (Å²) in [6.45, 7) is 0. The molecule has 1 saturated carbocycles. The molecule has 1 aromatic carbocycles. The minimum absolute atomic E-state index is 0.0240.